The van der Waals surface area contributed by atoms with Crippen LogP contribution in [0.2, 0.25) is 0 Å². The molecule has 1 amide bonds. The lowest BCUT2D eigenvalue weighted by atomic mass is 10.00. The maximum atomic E-state index is 12.0. The molecule has 0 atom stereocenters. The summed E-state index contributed by atoms with van der Waals surface area (Å²) in [5, 5.41) is 12.1. The number of nitrogens with one attached hydrogen (secondary N) is 1. The van der Waals surface area contributed by atoms with Crippen LogP contribution in [0.3, 0.4) is 0 Å². The van der Waals surface area contributed by atoms with Crippen LogP contribution < -0.4 is 5.32 Å². The minimum Gasteiger partial charge on any atom is -0.469 e. The van der Waals surface area contributed by atoms with Crippen molar-refractivity contribution in [2.75, 3.05) is 26.7 Å². The van der Waals surface area contributed by atoms with Gasteiger partial charge in [-0.15, -0.1) is 0 Å². The summed E-state index contributed by atoms with van der Waals surface area (Å²) in [6, 6.07) is 2.23. The highest BCUT2D eigenvalue weighted by molar-refractivity contribution is 5.79. The second-order valence-corrected chi connectivity index (χ2v) is 5.14. The number of carbonyl (C=O) groups is 2. The molecule has 0 aromatic rings. The number of hydrogen-bond donors (Lipinski definition) is 1. The summed E-state index contributed by atoms with van der Waals surface area (Å²) in [4.78, 5) is 25.0. The molecule has 0 unspecified atom stereocenters. The standard InChI is InChI=1S/C14H23N3O3/c1-3-17(9-6-13(19)20-2)10-12(18)16-14(11-15)7-4-5-8-14/h3-10H2,1-2H3,(H,16,18). The van der Waals surface area contributed by atoms with Crippen molar-refractivity contribution in [1.82, 2.24) is 10.2 Å². The Morgan fingerprint density at radius 3 is 2.55 bits per heavy atom. The number of hydrogen-bond acceptors (Lipinski definition) is 5. The average Bonchev–Trinajstić information content (AvgIpc) is 2.91. The Hall–Kier alpha value is -1.61. The van der Waals surface area contributed by atoms with E-state index in [0.717, 1.165) is 25.7 Å². The van der Waals surface area contributed by atoms with Gasteiger partial charge in [-0.2, -0.15) is 5.26 Å². The molecular weight excluding hydrogens is 258 g/mol. The largest absolute Gasteiger partial charge is 0.469 e. The van der Waals surface area contributed by atoms with Crippen LogP contribution in [0, 0.1) is 11.3 Å². The van der Waals surface area contributed by atoms with Crippen LogP contribution in [0.1, 0.15) is 39.0 Å². The van der Waals surface area contributed by atoms with Crippen molar-refractivity contribution < 1.29 is 14.3 Å². The second-order valence-electron chi connectivity index (χ2n) is 5.14. The highest BCUT2D eigenvalue weighted by Crippen LogP contribution is 2.28. The summed E-state index contributed by atoms with van der Waals surface area (Å²) in [6.45, 7) is 3.29. The molecule has 1 aliphatic carbocycles. The van der Waals surface area contributed by atoms with E-state index in [-0.39, 0.29) is 24.8 Å². The van der Waals surface area contributed by atoms with Gasteiger partial charge in [0, 0.05) is 6.54 Å². The Labute approximate surface area is 120 Å². The SMILES string of the molecule is CCN(CCC(=O)OC)CC(=O)NC1(C#N)CCCC1. The Bertz CT molecular complexity index is 384. The molecule has 1 saturated carbocycles. The van der Waals surface area contributed by atoms with E-state index < -0.39 is 5.54 Å². The normalized spacial score (nSPS) is 16.7. The molecule has 0 spiro atoms. The molecule has 0 bridgehead atoms. The third-order valence-corrected chi connectivity index (χ3v) is 3.72. The van der Waals surface area contributed by atoms with E-state index in [1.807, 2.05) is 11.8 Å². The Balaban J connectivity index is 2.43. The van der Waals surface area contributed by atoms with Gasteiger partial charge in [-0.25, -0.2) is 0 Å². The highest BCUT2D eigenvalue weighted by Gasteiger charge is 2.35. The zero-order valence-electron chi connectivity index (χ0n) is 12.3. The van der Waals surface area contributed by atoms with Crippen molar-refractivity contribution in [3.05, 3.63) is 0 Å². The molecule has 1 aliphatic rings. The van der Waals surface area contributed by atoms with Crippen LogP contribution >= 0.6 is 0 Å². The number of ether oxygens (including phenoxy) is 1. The van der Waals surface area contributed by atoms with Gasteiger partial charge in [0.25, 0.3) is 0 Å². The molecule has 0 aromatic carbocycles. The Kier molecular flexibility index (Phi) is 6.46. The smallest absolute Gasteiger partial charge is 0.306 e. The molecule has 6 heteroatoms. The number of nitrogens with zero attached hydrogens (tertiary/aromatic N) is 2. The van der Waals surface area contributed by atoms with E-state index in [1.165, 1.54) is 7.11 Å². The molecule has 112 valence electrons. The van der Waals surface area contributed by atoms with Gasteiger partial charge in [0.05, 0.1) is 26.1 Å². The van der Waals surface area contributed by atoms with Crippen molar-refractivity contribution in [2.45, 2.75) is 44.6 Å². The minimum absolute atomic E-state index is 0.153. The first-order valence-electron chi connectivity index (χ1n) is 7.06. The predicted molar refractivity (Wildman–Crippen MR) is 73.7 cm³/mol. The predicted octanol–water partition coefficient (Wildman–Crippen LogP) is 0.824. The quantitative estimate of drug-likeness (QED) is 0.699. The molecule has 6 nitrogen and oxygen atoms in total. The number of rotatable bonds is 7. The summed E-state index contributed by atoms with van der Waals surface area (Å²) in [5.74, 6) is -0.437. The Morgan fingerprint density at radius 2 is 2.05 bits per heavy atom. The van der Waals surface area contributed by atoms with Crippen molar-refractivity contribution in [2.24, 2.45) is 0 Å². The summed E-state index contributed by atoms with van der Waals surface area (Å²) >= 11 is 0. The zero-order valence-corrected chi connectivity index (χ0v) is 12.3. The lowest BCUT2D eigenvalue weighted by Crippen LogP contribution is -2.49. The van der Waals surface area contributed by atoms with E-state index in [1.54, 1.807) is 0 Å². The van der Waals surface area contributed by atoms with Crippen LogP contribution in [0.4, 0.5) is 0 Å². The third kappa shape index (κ3) is 4.82. The monoisotopic (exact) mass is 281 g/mol. The van der Waals surface area contributed by atoms with Gasteiger partial charge in [-0.05, 0) is 32.2 Å². The number of likely N-dealkylation sites (N-methyl/N-ethyl adjacent to an activating group) is 1. The minimum atomic E-state index is -0.682. The third-order valence-electron chi connectivity index (χ3n) is 3.72. The number of amides is 1. The molecule has 1 N–H and O–H groups in total. The van der Waals surface area contributed by atoms with Gasteiger partial charge < -0.3 is 10.1 Å². The molecule has 1 rings (SSSR count). The number of methoxy groups -OCH3 is 1. The average molecular weight is 281 g/mol. The van der Waals surface area contributed by atoms with Crippen LogP contribution in [-0.2, 0) is 14.3 Å². The molecule has 20 heavy (non-hydrogen) atoms. The molecular formula is C14H23N3O3. The van der Waals surface area contributed by atoms with Gasteiger partial charge >= 0.3 is 5.97 Å². The van der Waals surface area contributed by atoms with Gasteiger partial charge in [0.1, 0.15) is 5.54 Å². The molecule has 0 saturated heterocycles. The first-order valence-corrected chi connectivity index (χ1v) is 7.06. The van der Waals surface area contributed by atoms with E-state index >= 15 is 0 Å². The van der Waals surface area contributed by atoms with Gasteiger partial charge in [-0.3, -0.25) is 14.5 Å². The van der Waals surface area contributed by atoms with Crippen molar-refractivity contribution in [1.29, 1.82) is 5.26 Å². The van der Waals surface area contributed by atoms with Crippen molar-refractivity contribution >= 4 is 11.9 Å². The zero-order chi connectivity index (χ0) is 15.0. The van der Waals surface area contributed by atoms with Crippen molar-refractivity contribution in [3.8, 4) is 6.07 Å². The summed E-state index contributed by atoms with van der Waals surface area (Å²) in [6.07, 6.45) is 3.68. The Morgan fingerprint density at radius 1 is 1.40 bits per heavy atom. The van der Waals surface area contributed by atoms with Crippen LogP contribution in [0.25, 0.3) is 0 Å². The molecule has 0 radical (unpaired) electrons. The second kappa shape index (κ2) is 7.85. The van der Waals surface area contributed by atoms with Crippen LogP contribution in [-0.4, -0.2) is 49.1 Å². The van der Waals surface area contributed by atoms with E-state index in [9.17, 15) is 14.9 Å². The lowest BCUT2D eigenvalue weighted by Gasteiger charge is -2.25. The number of esters is 1. The summed E-state index contributed by atoms with van der Waals surface area (Å²) in [7, 11) is 1.35. The van der Waals surface area contributed by atoms with Crippen LogP contribution in [0.5, 0.6) is 0 Å². The first-order chi connectivity index (χ1) is 9.55. The molecule has 1 fully saturated rings. The fourth-order valence-corrected chi connectivity index (χ4v) is 2.45. The van der Waals surface area contributed by atoms with Crippen molar-refractivity contribution in [3.63, 3.8) is 0 Å². The van der Waals surface area contributed by atoms with Gasteiger partial charge in [0.2, 0.25) is 5.91 Å². The maximum Gasteiger partial charge on any atom is 0.306 e. The van der Waals surface area contributed by atoms with E-state index in [2.05, 4.69) is 16.1 Å². The van der Waals surface area contributed by atoms with Gasteiger partial charge in [0.15, 0.2) is 0 Å². The highest BCUT2D eigenvalue weighted by atomic mass is 16.5. The lowest BCUT2D eigenvalue weighted by molar-refractivity contribution is -0.141. The summed E-state index contributed by atoms with van der Waals surface area (Å²) < 4.78 is 4.58. The topological polar surface area (TPSA) is 82.4 Å². The fraction of sp³-hybridized carbons (Fsp3) is 0.786. The van der Waals surface area contributed by atoms with Gasteiger partial charge in [-0.1, -0.05) is 6.92 Å². The number of nitriles is 1. The first kappa shape index (κ1) is 16.4. The molecule has 0 aliphatic heterocycles. The maximum absolute atomic E-state index is 12.0. The van der Waals surface area contributed by atoms with E-state index in [4.69, 9.17) is 0 Å². The fourth-order valence-electron chi connectivity index (χ4n) is 2.45. The number of carbonyl (C=O) groups excluding carboxylic acids is 2. The van der Waals surface area contributed by atoms with E-state index in [0.29, 0.717) is 13.1 Å². The molecule has 0 heterocycles. The summed E-state index contributed by atoms with van der Waals surface area (Å²) in [5.41, 5.74) is -0.682. The molecule has 0 aromatic heterocycles. The van der Waals surface area contributed by atoms with Crippen LogP contribution in [0.15, 0.2) is 0 Å².